The molecular formula is C14H23NS. The number of aryl methyl sites for hydroxylation is 2. The van der Waals surface area contributed by atoms with Gasteiger partial charge in [-0.2, -0.15) is 12.6 Å². The summed E-state index contributed by atoms with van der Waals surface area (Å²) in [5, 5.41) is 0. The van der Waals surface area contributed by atoms with Crippen LogP contribution in [0.25, 0.3) is 0 Å². The Hall–Kier alpha value is -0.470. The Bertz CT molecular complexity index is 323. The van der Waals surface area contributed by atoms with Gasteiger partial charge in [-0.3, -0.25) is 0 Å². The summed E-state index contributed by atoms with van der Waals surface area (Å²) >= 11 is 4.23. The van der Waals surface area contributed by atoms with Crippen molar-refractivity contribution in [1.82, 2.24) is 4.90 Å². The van der Waals surface area contributed by atoms with E-state index in [9.17, 15) is 0 Å². The van der Waals surface area contributed by atoms with E-state index in [1.54, 1.807) is 0 Å². The summed E-state index contributed by atoms with van der Waals surface area (Å²) in [5.41, 5.74) is 4.25. The van der Waals surface area contributed by atoms with E-state index >= 15 is 0 Å². The lowest BCUT2D eigenvalue weighted by atomic mass is 10.0. The molecule has 1 rings (SSSR count). The maximum Gasteiger partial charge on any atom is 0.00189 e. The van der Waals surface area contributed by atoms with Crippen LogP contribution in [0.1, 0.15) is 23.1 Å². The first-order chi connectivity index (χ1) is 7.63. The second kappa shape index (κ2) is 6.97. The molecule has 16 heavy (non-hydrogen) atoms. The minimum Gasteiger partial charge on any atom is -0.306 e. The number of benzene rings is 1. The average molecular weight is 237 g/mol. The molecule has 0 radical (unpaired) electrons. The summed E-state index contributed by atoms with van der Waals surface area (Å²) in [5.74, 6) is 0.980. The first-order valence-corrected chi connectivity index (χ1v) is 6.62. The van der Waals surface area contributed by atoms with Gasteiger partial charge in [-0.05, 0) is 57.2 Å². The minimum absolute atomic E-state index is 0.980. The van der Waals surface area contributed by atoms with Crippen molar-refractivity contribution in [3.8, 4) is 0 Å². The predicted molar refractivity (Wildman–Crippen MR) is 75.6 cm³/mol. The largest absolute Gasteiger partial charge is 0.306 e. The second-order valence-electron chi connectivity index (χ2n) is 4.56. The monoisotopic (exact) mass is 237 g/mol. The van der Waals surface area contributed by atoms with Gasteiger partial charge in [0.1, 0.15) is 0 Å². The molecule has 90 valence electrons. The molecule has 0 saturated heterocycles. The Morgan fingerprint density at radius 2 is 1.94 bits per heavy atom. The van der Waals surface area contributed by atoms with Gasteiger partial charge in [0, 0.05) is 6.54 Å². The van der Waals surface area contributed by atoms with Gasteiger partial charge in [-0.25, -0.2) is 0 Å². The normalized spacial score (nSPS) is 11.1. The van der Waals surface area contributed by atoms with Crippen LogP contribution >= 0.6 is 12.6 Å². The van der Waals surface area contributed by atoms with Crippen molar-refractivity contribution in [3.05, 3.63) is 34.9 Å². The fourth-order valence-corrected chi connectivity index (χ4v) is 2.03. The number of rotatable bonds is 6. The lowest BCUT2D eigenvalue weighted by Crippen LogP contribution is -2.22. The van der Waals surface area contributed by atoms with Crippen LogP contribution in [0.4, 0.5) is 0 Å². The first-order valence-electron chi connectivity index (χ1n) is 5.99. The standard InChI is InChI=1S/C14H23NS/c1-12-5-6-14(13(2)11-12)7-9-15(3)8-4-10-16/h5-6,11,16H,4,7-10H2,1-3H3. The Kier molecular flexibility index (Phi) is 5.93. The molecule has 1 aromatic carbocycles. The third kappa shape index (κ3) is 4.58. The van der Waals surface area contributed by atoms with Gasteiger partial charge in [-0.15, -0.1) is 0 Å². The highest BCUT2D eigenvalue weighted by Crippen LogP contribution is 2.11. The average Bonchev–Trinajstić information content (AvgIpc) is 2.25. The summed E-state index contributed by atoms with van der Waals surface area (Å²) in [6.07, 6.45) is 2.32. The van der Waals surface area contributed by atoms with Gasteiger partial charge in [0.25, 0.3) is 0 Å². The third-order valence-electron chi connectivity index (χ3n) is 2.96. The fourth-order valence-electron chi connectivity index (χ4n) is 1.89. The highest BCUT2D eigenvalue weighted by molar-refractivity contribution is 7.80. The Morgan fingerprint density at radius 1 is 1.19 bits per heavy atom. The van der Waals surface area contributed by atoms with E-state index in [2.05, 4.69) is 56.6 Å². The van der Waals surface area contributed by atoms with Crippen LogP contribution in [0.2, 0.25) is 0 Å². The van der Waals surface area contributed by atoms with Crippen molar-refractivity contribution < 1.29 is 0 Å². The van der Waals surface area contributed by atoms with E-state index < -0.39 is 0 Å². The Labute approximate surface area is 105 Å². The highest BCUT2D eigenvalue weighted by Gasteiger charge is 2.01. The molecule has 1 aromatic rings. The number of nitrogens with zero attached hydrogens (tertiary/aromatic N) is 1. The number of hydrogen-bond donors (Lipinski definition) is 1. The Morgan fingerprint density at radius 3 is 2.56 bits per heavy atom. The van der Waals surface area contributed by atoms with Crippen LogP contribution in [0.3, 0.4) is 0 Å². The summed E-state index contributed by atoms with van der Waals surface area (Å²) in [6, 6.07) is 6.73. The van der Waals surface area contributed by atoms with E-state index in [0.29, 0.717) is 0 Å². The number of hydrogen-bond acceptors (Lipinski definition) is 2. The van der Waals surface area contributed by atoms with Crippen molar-refractivity contribution >= 4 is 12.6 Å². The lowest BCUT2D eigenvalue weighted by molar-refractivity contribution is 0.340. The zero-order valence-electron chi connectivity index (χ0n) is 10.7. The molecule has 0 spiro atoms. The summed E-state index contributed by atoms with van der Waals surface area (Å²) in [4.78, 5) is 2.38. The molecule has 2 heteroatoms. The van der Waals surface area contributed by atoms with E-state index in [1.807, 2.05) is 0 Å². The van der Waals surface area contributed by atoms with Crippen LogP contribution in [0.5, 0.6) is 0 Å². The maximum atomic E-state index is 4.23. The van der Waals surface area contributed by atoms with Crippen molar-refractivity contribution in [2.24, 2.45) is 0 Å². The summed E-state index contributed by atoms with van der Waals surface area (Å²) in [7, 11) is 2.19. The van der Waals surface area contributed by atoms with Gasteiger partial charge in [-0.1, -0.05) is 23.8 Å². The van der Waals surface area contributed by atoms with Gasteiger partial charge in [0.05, 0.1) is 0 Å². The number of likely N-dealkylation sites (N-methyl/N-ethyl adjacent to an activating group) is 1. The van der Waals surface area contributed by atoms with Gasteiger partial charge in [0.15, 0.2) is 0 Å². The molecule has 0 atom stereocenters. The molecule has 0 bridgehead atoms. The SMILES string of the molecule is Cc1ccc(CCN(C)CCCS)c(C)c1. The Balaban J connectivity index is 2.42. The van der Waals surface area contributed by atoms with E-state index in [4.69, 9.17) is 0 Å². The highest BCUT2D eigenvalue weighted by atomic mass is 32.1. The maximum absolute atomic E-state index is 4.23. The smallest absolute Gasteiger partial charge is 0.00189 e. The van der Waals surface area contributed by atoms with Crippen molar-refractivity contribution in [2.45, 2.75) is 26.7 Å². The second-order valence-corrected chi connectivity index (χ2v) is 5.01. The van der Waals surface area contributed by atoms with Crippen molar-refractivity contribution in [2.75, 3.05) is 25.9 Å². The predicted octanol–water partition coefficient (Wildman–Crippen LogP) is 3.10. The minimum atomic E-state index is 0.980. The van der Waals surface area contributed by atoms with Crippen LogP contribution < -0.4 is 0 Å². The molecule has 0 aromatic heterocycles. The third-order valence-corrected chi connectivity index (χ3v) is 3.28. The quantitative estimate of drug-likeness (QED) is 0.744. The van der Waals surface area contributed by atoms with Gasteiger partial charge >= 0.3 is 0 Å². The van der Waals surface area contributed by atoms with Crippen LogP contribution in [0, 0.1) is 13.8 Å². The van der Waals surface area contributed by atoms with E-state index in [1.165, 1.54) is 23.1 Å². The molecule has 0 amide bonds. The topological polar surface area (TPSA) is 3.24 Å². The lowest BCUT2D eigenvalue weighted by Gasteiger charge is -2.16. The summed E-state index contributed by atoms with van der Waals surface area (Å²) in [6.45, 7) is 6.64. The molecule has 0 aliphatic rings. The first kappa shape index (κ1) is 13.6. The molecule has 0 fully saturated rings. The molecule has 0 N–H and O–H groups in total. The van der Waals surface area contributed by atoms with Crippen molar-refractivity contribution in [1.29, 1.82) is 0 Å². The van der Waals surface area contributed by atoms with E-state index in [0.717, 1.165) is 25.3 Å². The van der Waals surface area contributed by atoms with Crippen LogP contribution in [0.15, 0.2) is 18.2 Å². The zero-order valence-corrected chi connectivity index (χ0v) is 11.6. The molecule has 0 unspecified atom stereocenters. The molecule has 0 heterocycles. The molecular weight excluding hydrogens is 214 g/mol. The summed E-state index contributed by atoms with van der Waals surface area (Å²) < 4.78 is 0. The van der Waals surface area contributed by atoms with Crippen molar-refractivity contribution in [3.63, 3.8) is 0 Å². The zero-order chi connectivity index (χ0) is 12.0. The molecule has 0 saturated carbocycles. The van der Waals surface area contributed by atoms with Gasteiger partial charge < -0.3 is 4.90 Å². The van der Waals surface area contributed by atoms with E-state index in [-0.39, 0.29) is 0 Å². The van der Waals surface area contributed by atoms with Gasteiger partial charge in [0.2, 0.25) is 0 Å². The molecule has 0 aliphatic carbocycles. The van der Waals surface area contributed by atoms with Crippen LogP contribution in [-0.4, -0.2) is 30.8 Å². The fraction of sp³-hybridized carbons (Fsp3) is 0.571. The molecule has 0 aliphatic heterocycles. The van der Waals surface area contributed by atoms with Crippen LogP contribution in [-0.2, 0) is 6.42 Å². The number of thiol groups is 1. The molecule has 1 nitrogen and oxygen atoms in total.